The molecule has 2 N–H and O–H groups in total. The minimum atomic E-state index is -0.805. The minimum Gasteiger partial charge on any atom is -0.481 e. The molecule has 114 valence electrons. The van der Waals surface area contributed by atoms with Crippen LogP contribution in [0.5, 0.6) is 0 Å². The van der Waals surface area contributed by atoms with E-state index < -0.39 is 11.9 Å². The number of nitrogens with one attached hydrogen (secondary N) is 1. The maximum atomic E-state index is 12.3. The Balaban J connectivity index is 1.49. The van der Waals surface area contributed by atoms with E-state index >= 15 is 0 Å². The summed E-state index contributed by atoms with van der Waals surface area (Å²) >= 11 is 0. The highest BCUT2D eigenvalue weighted by Gasteiger charge is 2.53. The molecule has 0 aromatic carbocycles. The van der Waals surface area contributed by atoms with Crippen LogP contribution in [-0.2, 0) is 16.1 Å². The van der Waals surface area contributed by atoms with E-state index in [2.05, 4.69) is 10.3 Å². The van der Waals surface area contributed by atoms with Crippen molar-refractivity contribution in [3.8, 4) is 0 Å². The van der Waals surface area contributed by atoms with Crippen LogP contribution in [0.4, 0.5) is 0 Å². The molecule has 2 aliphatic rings. The van der Waals surface area contributed by atoms with Gasteiger partial charge in [0, 0.05) is 25.5 Å². The van der Waals surface area contributed by atoms with E-state index in [0.29, 0.717) is 6.54 Å². The molecule has 0 aliphatic heterocycles. The molecule has 2 fully saturated rings. The Hall–Kier alpha value is -1.85. The molecule has 2 saturated carbocycles. The molecule has 2 aliphatic carbocycles. The number of fused-ring (bicyclic) bond motifs is 2. The zero-order valence-corrected chi connectivity index (χ0v) is 11.9. The SMILES string of the molecule is O=C(O)[C@H]1[C@@H]2CC[C@@H](C2)[C@@H]1C(=O)NCCCn1ccnc1. The van der Waals surface area contributed by atoms with Gasteiger partial charge in [-0.3, -0.25) is 9.59 Å². The lowest BCUT2D eigenvalue weighted by Crippen LogP contribution is -2.41. The van der Waals surface area contributed by atoms with Crippen LogP contribution in [0.2, 0.25) is 0 Å². The Bertz CT molecular complexity index is 514. The van der Waals surface area contributed by atoms with Gasteiger partial charge in [-0.25, -0.2) is 4.98 Å². The summed E-state index contributed by atoms with van der Waals surface area (Å²) in [4.78, 5) is 27.7. The lowest BCUT2D eigenvalue weighted by Gasteiger charge is -2.27. The van der Waals surface area contributed by atoms with Crippen LogP contribution < -0.4 is 5.32 Å². The van der Waals surface area contributed by atoms with Gasteiger partial charge in [0.25, 0.3) is 0 Å². The van der Waals surface area contributed by atoms with Crippen molar-refractivity contribution in [2.75, 3.05) is 6.54 Å². The first-order valence-electron chi connectivity index (χ1n) is 7.63. The average Bonchev–Trinajstić information content (AvgIpc) is 3.18. The quantitative estimate of drug-likeness (QED) is 0.770. The Kier molecular flexibility index (Phi) is 3.94. The second kappa shape index (κ2) is 5.87. The molecule has 2 bridgehead atoms. The van der Waals surface area contributed by atoms with E-state index in [1.165, 1.54) is 0 Å². The van der Waals surface area contributed by atoms with E-state index in [0.717, 1.165) is 32.2 Å². The number of carbonyl (C=O) groups is 2. The Labute approximate surface area is 123 Å². The van der Waals surface area contributed by atoms with E-state index in [-0.39, 0.29) is 23.7 Å². The Morgan fingerprint density at radius 1 is 1.29 bits per heavy atom. The first-order valence-corrected chi connectivity index (χ1v) is 7.63. The molecule has 0 radical (unpaired) electrons. The van der Waals surface area contributed by atoms with Crippen molar-refractivity contribution in [2.45, 2.75) is 32.2 Å². The minimum absolute atomic E-state index is 0.0692. The third kappa shape index (κ3) is 2.80. The predicted molar refractivity (Wildman–Crippen MR) is 75.3 cm³/mol. The smallest absolute Gasteiger partial charge is 0.307 e. The van der Waals surface area contributed by atoms with Crippen LogP contribution in [0.25, 0.3) is 0 Å². The van der Waals surface area contributed by atoms with Crippen molar-refractivity contribution >= 4 is 11.9 Å². The molecule has 1 amide bonds. The highest BCUT2D eigenvalue weighted by molar-refractivity contribution is 5.86. The van der Waals surface area contributed by atoms with Crippen LogP contribution >= 0.6 is 0 Å². The lowest BCUT2D eigenvalue weighted by molar-refractivity contribution is -0.149. The van der Waals surface area contributed by atoms with Gasteiger partial charge in [-0.1, -0.05) is 0 Å². The highest BCUT2D eigenvalue weighted by Crippen LogP contribution is 2.52. The number of nitrogens with zero attached hydrogens (tertiary/aromatic N) is 2. The molecule has 4 atom stereocenters. The fraction of sp³-hybridized carbons (Fsp3) is 0.667. The van der Waals surface area contributed by atoms with Crippen LogP contribution in [-0.4, -0.2) is 33.1 Å². The molecule has 1 aromatic rings. The number of hydrogen-bond donors (Lipinski definition) is 2. The molecule has 6 nitrogen and oxygen atoms in total. The predicted octanol–water partition coefficient (Wildman–Crippen LogP) is 1.14. The number of hydrogen-bond acceptors (Lipinski definition) is 3. The highest BCUT2D eigenvalue weighted by atomic mass is 16.4. The second-order valence-corrected chi connectivity index (χ2v) is 6.17. The summed E-state index contributed by atoms with van der Waals surface area (Å²) in [7, 11) is 0. The number of aromatic nitrogens is 2. The van der Waals surface area contributed by atoms with Gasteiger partial charge in [-0.05, 0) is 37.5 Å². The number of amides is 1. The molecule has 0 saturated heterocycles. The first-order chi connectivity index (χ1) is 10.2. The number of carbonyl (C=O) groups excluding carboxylic acids is 1. The zero-order valence-electron chi connectivity index (χ0n) is 11.9. The van der Waals surface area contributed by atoms with Crippen molar-refractivity contribution in [2.24, 2.45) is 23.7 Å². The standard InChI is InChI=1S/C15H21N3O3/c19-14(17-4-1-6-18-7-5-16-9-18)12-10-2-3-11(8-10)13(12)15(20)21/h5,7,9-13H,1-4,6,8H2,(H,17,19)(H,20,21)/t10-,11+,12-,13-/m0/s1. The normalized spacial score (nSPS) is 30.5. The van der Waals surface area contributed by atoms with Gasteiger partial charge in [0.1, 0.15) is 0 Å². The number of rotatable bonds is 6. The third-order valence-electron chi connectivity index (χ3n) is 4.96. The van der Waals surface area contributed by atoms with E-state index in [4.69, 9.17) is 0 Å². The Morgan fingerprint density at radius 2 is 2.05 bits per heavy atom. The molecule has 3 rings (SSSR count). The number of carboxylic acids is 1. The summed E-state index contributed by atoms with van der Waals surface area (Å²) in [6.07, 6.45) is 9.06. The number of carboxylic acid groups (broad SMARTS) is 1. The largest absolute Gasteiger partial charge is 0.481 e. The fourth-order valence-electron chi connectivity index (χ4n) is 4.03. The summed E-state index contributed by atoms with van der Waals surface area (Å²) in [6.45, 7) is 1.39. The van der Waals surface area contributed by atoms with Gasteiger partial charge in [0.15, 0.2) is 0 Å². The van der Waals surface area contributed by atoms with Crippen molar-refractivity contribution in [3.05, 3.63) is 18.7 Å². The molecule has 21 heavy (non-hydrogen) atoms. The first kappa shape index (κ1) is 14.1. The molecule has 1 heterocycles. The summed E-state index contributed by atoms with van der Waals surface area (Å²) in [6, 6.07) is 0. The van der Waals surface area contributed by atoms with Gasteiger partial charge < -0.3 is 15.0 Å². The maximum Gasteiger partial charge on any atom is 0.307 e. The van der Waals surface area contributed by atoms with Gasteiger partial charge in [-0.2, -0.15) is 0 Å². The van der Waals surface area contributed by atoms with Gasteiger partial charge in [0.2, 0.25) is 5.91 Å². The average molecular weight is 291 g/mol. The monoisotopic (exact) mass is 291 g/mol. The van der Waals surface area contributed by atoms with Crippen LogP contribution in [0, 0.1) is 23.7 Å². The van der Waals surface area contributed by atoms with E-state index in [9.17, 15) is 14.7 Å². The fourth-order valence-corrected chi connectivity index (χ4v) is 4.03. The zero-order chi connectivity index (χ0) is 14.8. The summed E-state index contributed by atoms with van der Waals surface area (Å²) in [5, 5.41) is 12.3. The van der Waals surface area contributed by atoms with Crippen LogP contribution in [0.1, 0.15) is 25.7 Å². The van der Waals surface area contributed by atoms with Crippen LogP contribution in [0.15, 0.2) is 18.7 Å². The van der Waals surface area contributed by atoms with Crippen molar-refractivity contribution in [1.29, 1.82) is 0 Å². The summed E-state index contributed by atoms with van der Waals surface area (Å²) in [5.74, 6) is -1.20. The van der Waals surface area contributed by atoms with Crippen molar-refractivity contribution < 1.29 is 14.7 Å². The van der Waals surface area contributed by atoms with Gasteiger partial charge in [0.05, 0.1) is 18.2 Å². The number of imidazole rings is 1. The van der Waals surface area contributed by atoms with Gasteiger partial charge in [-0.15, -0.1) is 0 Å². The van der Waals surface area contributed by atoms with Crippen molar-refractivity contribution in [1.82, 2.24) is 14.9 Å². The van der Waals surface area contributed by atoms with E-state index in [1.807, 2.05) is 10.8 Å². The maximum absolute atomic E-state index is 12.3. The Morgan fingerprint density at radius 3 is 2.71 bits per heavy atom. The lowest BCUT2D eigenvalue weighted by atomic mass is 9.78. The third-order valence-corrected chi connectivity index (χ3v) is 4.96. The second-order valence-electron chi connectivity index (χ2n) is 6.17. The summed E-state index contributed by atoms with van der Waals surface area (Å²) in [5.41, 5.74) is 0. The van der Waals surface area contributed by atoms with Gasteiger partial charge >= 0.3 is 5.97 Å². The molecule has 1 aromatic heterocycles. The molecular weight excluding hydrogens is 270 g/mol. The number of aliphatic carboxylic acids is 1. The topological polar surface area (TPSA) is 84.2 Å². The molecule has 6 heteroatoms. The summed E-state index contributed by atoms with van der Waals surface area (Å²) < 4.78 is 1.96. The molecular formula is C15H21N3O3. The number of aryl methyl sites for hydroxylation is 1. The van der Waals surface area contributed by atoms with E-state index in [1.54, 1.807) is 12.5 Å². The molecule has 0 unspecified atom stereocenters. The van der Waals surface area contributed by atoms with Crippen LogP contribution in [0.3, 0.4) is 0 Å². The molecule has 0 spiro atoms. The van der Waals surface area contributed by atoms with Crippen molar-refractivity contribution in [3.63, 3.8) is 0 Å².